The van der Waals surface area contributed by atoms with Gasteiger partial charge in [0.05, 0.1) is 25.9 Å². The van der Waals surface area contributed by atoms with Gasteiger partial charge in [-0.3, -0.25) is 4.79 Å². The Bertz CT molecular complexity index is 275. The van der Waals surface area contributed by atoms with Crippen LogP contribution in [0.4, 0.5) is 0 Å². The normalized spacial score (nSPS) is 26.9. The third-order valence-corrected chi connectivity index (χ3v) is 2.78. The van der Waals surface area contributed by atoms with Crippen LogP contribution in [0.5, 0.6) is 0 Å². The van der Waals surface area contributed by atoms with Gasteiger partial charge in [0.2, 0.25) is 0 Å². The number of amides is 1. The minimum absolute atomic E-state index is 0.0190. The molecular weight excluding hydrogens is 194 g/mol. The van der Waals surface area contributed by atoms with Crippen molar-refractivity contribution < 1.29 is 14.3 Å². The van der Waals surface area contributed by atoms with Gasteiger partial charge in [-0.25, -0.2) is 0 Å². The third-order valence-electron chi connectivity index (χ3n) is 2.78. The lowest BCUT2D eigenvalue weighted by atomic mass is 10.2. The Labute approximate surface area is 89.8 Å². The molecule has 2 aliphatic rings. The molecule has 0 aromatic heterocycles. The summed E-state index contributed by atoms with van der Waals surface area (Å²) >= 11 is 0. The highest BCUT2D eigenvalue weighted by atomic mass is 16.5. The molecule has 2 rings (SSSR count). The Morgan fingerprint density at radius 1 is 1.53 bits per heavy atom. The SMILES string of the molecule is CC1COCCN1C(=O)C1=CCCCO1. The number of hydrogen-bond donors (Lipinski definition) is 0. The maximum atomic E-state index is 12.0. The molecule has 2 aliphatic heterocycles. The van der Waals surface area contributed by atoms with E-state index < -0.39 is 0 Å². The summed E-state index contributed by atoms with van der Waals surface area (Å²) in [5.74, 6) is 0.542. The van der Waals surface area contributed by atoms with Crippen LogP contribution in [0.2, 0.25) is 0 Å². The highest BCUT2D eigenvalue weighted by Gasteiger charge is 2.27. The molecule has 0 bridgehead atoms. The summed E-state index contributed by atoms with van der Waals surface area (Å²) in [7, 11) is 0. The minimum Gasteiger partial charge on any atom is -0.488 e. The highest BCUT2D eigenvalue weighted by molar-refractivity contribution is 5.91. The predicted octanol–water partition coefficient (Wildman–Crippen LogP) is 0.928. The Balaban J connectivity index is 2.02. The molecule has 0 N–H and O–H groups in total. The van der Waals surface area contributed by atoms with Crippen LogP contribution in [0.1, 0.15) is 19.8 Å². The van der Waals surface area contributed by atoms with Crippen molar-refractivity contribution in [1.29, 1.82) is 0 Å². The molecule has 1 amide bonds. The summed E-state index contributed by atoms with van der Waals surface area (Å²) < 4.78 is 10.7. The molecule has 1 atom stereocenters. The fourth-order valence-corrected chi connectivity index (χ4v) is 1.88. The molecule has 1 saturated heterocycles. The van der Waals surface area contributed by atoms with Gasteiger partial charge in [0, 0.05) is 6.54 Å². The summed E-state index contributed by atoms with van der Waals surface area (Å²) in [4.78, 5) is 13.9. The molecular formula is C11H17NO3. The Kier molecular flexibility index (Phi) is 3.26. The Morgan fingerprint density at radius 2 is 2.40 bits per heavy atom. The van der Waals surface area contributed by atoms with E-state index in [1.165, 1.54) is 0 Å². The first-order chi connectivity index (χ1) is 7.29. The molecule has 2 heterocycles. The lowest BCUT2D eigenvalue weighted by Crippen LogP contribution is -2.48. The van der Waals surface area contributed by atoms with Crippen LogP contribution in [0.3, 0.4) is 0 Å². The molecule has 0 aromatic carbocycles. The Hall–Kier alpha value is -1.03. The van der Waals surface area contributed by atoms with Gasteiger partial charge in [0.25, 0.3) is 5.91 Å². The van der Waals surface area contributed by atoms with Gasteiger partial charge in [-0.2, -0.15) is 0 Å². The number of carbonyl (C=O) groups excluding carboxylic acids is 1. The number of rotatable bonds is 1. The van der Waals surface area contributed by atoms with Gasteiger partial charge in [-0.1, -0.05) is 0 Å². The molecule has 15 heavy (non-hydrogen) atoms. The summed E-state index contributed by atoms with van der Waals surface area (Å²) in [6, 6.07) is 0.151. The average Bonchev–Trinajstić information content (AvgIpc) is 2.30. The van der Waals surface area contributed by atoms with E-state index in [1.807, 2.05) is 17.9 Å². The smallest absolute Gasteiger partial charge is 0.288 e. The minimum atomic E-state index is 0.0190. The zero-order valence-corrected chi connectivity index (χ0v) is 9.07. The van der Waals surface area contributed by atoms with E-state index >= 15 is 0 Å². The van der Waals surface area contributed by atoms with Crippen molar-refractivity contribution >= 4 is 5.91 Å². The van der Waals surface area contributed by atoms with Gasteiger partial charge >= 0.3 is 0 Å². The summed E-state index contributed by atoms with van der Waals surface area (Å²) in [5, 5.41) is 0. The zero-order chi connectivity index (χ0) is 10.7. The number of morpholine rings is 1. The van der Waals surface area contributed by atoms with E-state index in [0.29, 0.717) is 32.1 Å². The molecule has 0 aromatic rings. The van der Waals surface area contributed by atoms with Gasteiger partial charge < -0.3 is 14.4 Å². The fourth-order valence-electron chi connectivity index (χ4n) is 1.88. The first-order valence-electron chi connectivity index (χ1n) is 5.50. The standard InChI is InChI=1S/C11H17NO3/c1-9-8-14-7-5-12(9)11(13)10-4-2-3-6-15-10/h4,9H,2-3,5-8H2,1H3. The summed E-state index contributed by atoms with van der Waals surface area (Å²) in [5.41, 5.74) is 0. The maximum Gasteiger partial charge on any atom is 0.288 e. The maximum absolute atomic E-state index is 12.0. The molecule has 0 aliphatic carbocycles. The number of ether oxygens (including phenoxy) is 2. The number of carbonyl (C=O) groups is 1. The summed E-state index contributed by atoms with van der Waals surface area (Å²) in [6.45, 7) is 4.58. The number of hydrogen-bond acceptors (Lipinski definition) is 3. The lowest BCUT2D eigenvalue weighted by molar-refractivity contribution is -0.139. The van der Waals surface area contributed by atoms with Crippen LogP contribution < -0.4 is 0 Å². The number of nitrogens with zero attached hydrogens (tertiary/aromatic N) is 1. The van der Waals surface area contributed by atoms with E-state index in [0.717, 1.165) is 12.8 Å². The second kappa shape index (κ2) is 4.66. The lowest BCUT2D eigenvalue weighted by Gasteiger charge is -2.34. The average molecular weight is 211 g/mol. The predicted molar refractivity (Wildman–Crippen MR) is 55.3 cm³/mol. The monoisotopic (exact) mass is 211 g/mol. The van der Waals surface area contributed by atoms with Crippen molar-refractivity contribution in [2.24, 2.45) is 0 Å². The quantitative estimate of drug-likeness (QED) is 0.647. The molecule has 0 saturated carbocycles. The summed E-state index contributed by atoms with van der Waals surface area (Å²) in [6.07, 6.45) is 3.85. The second-order valence-electron chi connectivity index (χ2n) is 3.98. The van der Waals surface area contributed by atoms with Crippen molar-refractivity contribution in [2.75, 3.05) is 26.4 Å². The molecule has 4 nitrogen and oxygen atoms in total. The van der Waals surface area contributed by atoms with Crippen LogP contribution in [0, 0.1) is 0 Å². The molecule has 84 valence electrons. The van der Waals surface area contributed by atoms with E-state index in [2.05, 4.69) is 0 Å². The Morgan fingerprint density at radius 3 is 3.07 bits per heavy atom. The van der Waals surface area contributed by atoms with Gasteiger partial charge in [-0.05, 0) is 25.8 Å². The van der Waals surface area contributed by atoms with Crippen LogP contribution in [-0.2, 0) is 14.3 Å². The van der Waals surface area contributed by atoms with Crippen LogP contribution >= 0.6 is 0 Å². The van der Waals surface area contributed by atoms with Crippen molar-refractivity contribution in [3.63, 3.8) is 0 Å². The van der Waals surface area contributed by atoms with E-state index in [4.69, 9.17) is 9.47 Å². The van der Waals surface area contributed by atoms with E-state index in [1.54, 1.807) is 0 Å². The van der Waals surface area contributed by atoms with Crippen molar-refractivity contribution in [2.45, 2.75) is 25.8 Å². The van der Waals surface area contributed by atoms with E-state index in [-0.39, 0.29) is 11.9 Å². The van der Waals surface area contributed by atoms with Gasteiger partial charge in [-0.15, -0.1) is 0 Å². The van der Waals surface area contributed by atoms with E-state index in [9.17, 15) is 4.79 Å². The highest BCUT2D eigenvalue weighted by Crippen LogP contribution is 2.16. The topological polar surface area (TPSA) is 38.8 Å². The third kappa shape index (κ3) is 2.31. The largest absolute Gasteiger partial charge is 0.488 e. The van der Waals surface area contributed by atoms with Crippen LogP contribution in [0.25, 0.3) is 0 Å². The van der Waals surface area contributed by atoms with Gasteiger partial charge in [0.1, 0.15) is 0 Å². The second-order valence-corrected chi connectivity index (χ2v) is 3.98. The van der Waals surface area contributed by atoms with Crippen molar-refractivity contribution in [1.82, 2.24) is 4.90 Å². The van der Waals surface area contributed by atoms with Crippen LogP contribution in [0.15, 0.2) is 11.8 Å². The molecule has 4 heteroatoms. The number of allylic oxidation sites excluding steroid dienone is 1. The molecule has 1 unspecified atom stereocenters. The zero-order valence-electron chi connectivity index (χ0n) is 9.07. The van der Waals surface area contributed by atoms with Gasteiger partial charge in [0.15, 0.2) is 5.76 Å². The van der Waals surface area contributed by atoms with Crippen molar-refractivity contribution in [3.8, 4) is 0 Å². The molecule has 0 radical (unpaired) electrons. The van der Waals surface area contributed by atoms with Crippen LogP contribution in [-0.4, -0.2) is 43.2 Å². The first-order valence-corrected chi connectivity index (χ1v) is 5.50. The molecule has 1 fully saturated rings. The van der Waals surface area contributed by atoms with Crippen molar-refractivity contribution in [3.05, 3.63) is 11.8 Å². The molecule has 0 spiro atoms. The fraction of sp³-hybridized carbons (Fsp3) is 0.727. The first kappa shape index (κ1) is 10.5.